The number of allylic oxidation sites excluding steroid dienone is 1. The highest BCUT2D eigenvalue weighted by Gasteiger charge is 2.75. The monoisotopic (exact) mass is 544 g/mol. The lowest BCUT2D eigenvalue weighted by Crippen LogP contribution is -2.72. The van der Waals surface area contributed by atoms with Crippen molar-refractivity contribution in [3.05, 3.63) is 11.6 Å². The highest BCUT2D eigenvalue weighted by Crippen LogP contribution is 2.76. The van der Waals surface area contributed by atoms with Crippen molar-refractivity contribution < 1.29 is 29.6 Å². The second kappa shape index (κ2) is 7.90. The van der Waals surface area contributed by atoms with Crippen LogP contribution >= 0.6 is 0 Å². The third-order valence-corrected chi connectivity index (χ3v) is 14.4. The Kier molecular flexibility index (Phi) is 5.71. The number of aliphatic hydroxyl groups is 2. The Morgan fingerprint density at radius 3 is 2.23 bits per heavy atom. The fourth-order valence-corrected chi connectivity index (χ4v) is 11.8. The Labute approximate surface area is 234 Å². The van der Waals surface area contributed by atoms with E-state index in [-0.39, 0.29) is 57.5 Å². The number of ether oxygens (including phenoxy) is 2. The summed E-state index contributed by atoms with van der Waals surface area (Å²) < 4.78 is 13.1. The topological polar surface area (TPSA) is 96.2 Å². The Morgan fingerprint density at radius 2 is 1.59 bits per heavy atom. The molecule has 0 aromatic heterocycles. The van der Waals surface area contributed by atoms with Gasteiger partial charge in [-0.05, 0) is 99.7 Å². The molecule has 4 saturated carbocycles. The van der Waals surface area contributed by atoms with Crippen LogP contribution in [0.25, 0.3) is 0 Å². The Bertz CT molecular complexity index is 1110. The predicted octanol–water partition coefficient (Wildman–Crippen LogP) is 5.94. The summed E-state index contributed by atoms with van der Waals surface area (Å²) in [6.45, 7) is 19.6. The number of hydrogen-bond acceptors (Lipinski definition) is 5. The van der Waals surface area contributed by atoms with Gasteiger partial charge in [-0.25, -0.2) is 0 Å². The molecule has 0 spiro atoms. The van der Waals surface area contributed by atoms with Crippen LogP contribution in [0.4, 0.5) is 0 Å². The minimum absolute atomic E-state index is 0.0460. The second-order valence-corrected chi connectivity index (χ2v) is 16.5. The van der Waals surface area contributed by atoms with Crippen LogP contribution in [0.1, 0.15) is 107 Å². The number of carboxylic acid groups (broad SMARTS) is 1. The maximum absolute atomic E-state index is 13.0. The quantitative estimate of drug-likeness (QED) is 0.353. The van der Waals surface area contributed by atoms with Crippen molar-refractivity contribution in [2.75, 3.05) is 0 Å². The molecule has 0 aromatic rings. The zero-order valence-corrected chi connectivity index (χ0v) is 25.6. The molecule has 6 rings (SSSR count). The zero-order valence-electron chi connectivity index (χ0n) is 25.6. The van der Waals surface area contributed by atoms with E-state index in [1.54, 1.807) is 0 Å². The van der Waals surface area contributed by atoms with Gasteiger partial charge in [0.2, 0.25) is 0 Å². The molecule has 6 aliphatic rings. The Hall–Kier alpha value is -0.950. The average Bonchev–Trinajstić information content (AvgIpc) is 3.16. The summed E-state index contributed by atoms with van der Waals surface area (Å²) in [4.78, 5) is 13.0. The summed E-state index contributed by atoms with van der Waals surface area (Å²) in [6, 6.07) is 0. The number of carboxylic acids is 1. The van der Waals surface area contributed by atoms with Gasteiger partial charge in [-0.1, -0.05) is 53.2 Å². The van der Waals surface area contributed by atoms with Crippen LogP contribution in [0.2, 0.25) is 0 Å². The smallest absolute Gasteiger partial charge is 0.310 e. The van der Waals surface area contributed by atoms with Crippen molar-refractivity contribution in [1.29, 1.82) is 0 Å². The summed E-state index contributed by atoms with van der Waals surface area (Å²) >= 11 is 0. The molecule has 1 heterocycles. The third kappa shape index (κ3) is 3.16. The van der Waals surface area contributed by atoms with E-state index >= 15 is 0 Å². The van der Waals surface area contributed by atoms with Gasteiger partial charge in [-0.3, -0.25) is 4.79 Å². The van der Waals surface area contributed by atoms with Crippen LogP contribution in [-0.4, -0.2) is 51.0 Å². The van der Waals surface area contributed by atoms with Crippen molar-refractivity contribution in [3.63, 3.8) is 0 Å². The average molecular weight is 545 g/mol. The molecule has 6 heteroatoms. The van der Waals surface area contributed by atoms with E-state index in [1.165, 1.54) is 5.57 Å². The third-order valence-electron chi connectivity index (χ3n) is 14.4. The number of fused-ring (bicyclic) bond motifs is 9. The van der Waals surface area contributed by atoms with Gasteiger partial charge in [0.05, 0.1) is 23.2 Å². The van der Waals surface area contributed by atoms with Crippen molar-refractivity contribution in [1.82, 2.24) is 0 Å². The van der Waals surface area contributed by atoms with Gasteiger partial charge in [-0.2, -0.15) is 0 Å². The second-order valence-electron chi connectivity index (χ2n) is 16.5. The highest BCUT2D eigenvalue weighted by atomic mass is 16.8. The van der Waals surface area contributed by atoms with Crippen LogP contribution in [0.3, 0.4) is 0 Å². The molecule has 1 aliphatic heterocycles. The normalized spacial score (nSPS) is 57.2. The van der Waals surface area contributed by atoms with E-state index in [4.69, 9.17) is 9.47 Å². The first-order chi connectivity index (χ1) is 17.8. The number of aliphatic carboxylic acids is 1. The van der Waals surface area contributed by atoms with Gasteiger partial charge in [0.15, 0.2) is 5.79 Å². The first-order valence-corrected chi connectivity index (χ1v) is 15.5. The van der Waals surface area contributed by atoms with Crippen LogP contribution < -0.4 is 0 Å². The fraction of sp³-hybridized carbons (Fsp3) is 0.909. The van der Waals surface area contributed by atoms with Crippen molar-refractivity contribution in [2.24, 2.45) is 50.7 Å². The first-order valence-electron chi connectivity index (χ1n) is 15.5. The van der Waals surface area contributed by atoms with Gasteiger partial charge >= 0.3 is 5.97 Å². The number of hydrogen-bond donors (Lipinski definition) is 3. The summed E-state index contributed by atoms with van der Waals surface area (Å²) in [6.07, 6.45) is 6.84. The molecule has 5 fully saturated rings. The minimum Gasteiger partial charge on any atom is -0.481 e. The molecule has 0 aromatic carbocycles. The molecule has 3 N–H and O–H groups in total. The van der Waals surface area contributed by atoms with Gasteiger partial charge in [0.1, 0.15) is 6.10 Å². The summed E-state index contributed by atoms with van der Waals surface area (Å²) in [5.74, 6) is -1.26. The fourth-order valence-electron chi connectivity index (χ4n) is 11.8. The first kappa shape index (κ1) is 28.2. The zero-order chi connectivity index (χ0) is 28.8. The molecule has 0 unspecified atom stereocenters. The van der Waals surface area contributed by atoms with Crippen LogP contribution in [-0.2, 0) is 14.3 Å². The minimum atomic E-state index is -1.07. The number of aliphatic hydroxyl groups excluding tert-OH is 1. The lowest BCUT2D eigenvalue weighted by molar-refractivity contribution is -0.257. The lowest BCUT2D eigenvalue weighted by atomic mass is 9.32. The predicted molar refractivity (Wildman–Crippen MR) is 149 cm³/mol. The molecule has 1 saturated heterocycles. The van der Waals surface area contributed by atoms with Crippen LogP contribution in [0.15, 0.2) is 11.6 Å². The van der Waals surface area contributed by atoms with E-state index in [1.807, 2.05) is 20.8 Å². The number of carbonyl (C=O) groups is 1. The van der Waals surface area contributed by atoms with Crippen molar-refractivity contribution in [3.8, 4) is 0 Å². The van der Waals surface area contributed by atoms with E-state index < -0.39 is 28.9 Å². The van der Waals surface area contributed by atoms with E-state index in [0.717, 1.165) is 32.1 Å². The van der Waals surface area contributed by atoms with E-state index in [9.17, 15) is 20.1 Å². The highest BCUT2D eigenvalue weighted by molar-refractivity contribution is 5.77. The van der Waals surface area contributed by atoms with Gasteiger partial charge in [-0.15, -0.1) is 0 Å². The Morgan fingerprint density at radius 1 is 0.923 bits per heavy atom. The molecule has 0 amide bonds. The molecule has 0 radical (unpaired) electrons. The van der Waals surface area contributed by atoms with E-state index in [2.05, 4.69) is 47.6 Å². The number of rotatable bonds is 1. The van der Waals surface area contributed by atoms with Crippen LogP contribution in [0, 0.1) is 50.7 Å². The summed E-state index contributed by atoms with van der Waals surface area (Å²) in [5, 5.41) is 34.3. The summed E-state index contributed by atoms with van der Waals surface area (Å²) in [5.41, 5.74) is -1.63. The molecule has 6 nitrogen and oxygen atoms in total. The summed E-state index contributed by atoms with van der Waals surface area (Å²) in [7, 11) is 0. The molecular formula is C33H52O6. The molecule has 220 valence electrons. The molecular weight excluding hydrogens is 492 g/mol. The van der Waals surface area contributed by atoms with Crippen molar-refractivity contribution >= 4 is 5.97 Å². The van der Waals surface area contributed by atoms with Gasteiger partial charge in [0, 0.05) is 11.3 Å². The standard InChI is InChI=1S/C33H52O6/c1-18-12-15-33(26(35)36)17-16-29(6)19(23(33)32(18,9)37)10-11-21-30(29,7)14-13-20-27(2,3)24(34)22-25(31(20,21)8)39-28(4,5)38-22/h10,18,20-25,34,37H,11-17H2,1-9H3,(H,35,36)/t18-,20+,21+,22+,23-,24-,25-,29-,30-,31+,32-,33+/m1/s1. The maximum Gasteiger partial charge on any atom is 0.310 e. The van der Waals surface area contributed by atoms with Gasteiger partial charge in [0.25, 0.3) is 0 Å². The van der Waals surface area contributed by atoms with E-state index in [0.29, 0.717) is 12.8 Å². The SMILES string of the molecule is C[C@@H]1CC[C@]2(C(=O)O)CC[C@]3(C)C(=CC[C@@H]4[C@@]5(C)[C@@H]6OC(C)(C)O[C@H]6[C@@H](O)C(C)(C)[C@@H]5CC[C@]43C)[C@@H]2[C@]1(C)O. The largest absolute Gasteiger partial charge is 0.481 e. The van der Waals surface area contributed by atoms with Gasteiger partial charge < -0.3 is 24.8 Å². The molecule has 0 bridgehead atoms. The molecule has 12 atom stereocenters. The molecule has 39 heavy (non-hydrogen) atoms. The molecule has 5 aliphatic carbocycles. The van der Waals surface area contributed by atoms with Crippen LogP contribution in [0.5, 0.6) is 0 Å². The Balaban J connectivity index is 1.51. The lowest BCUT2D eigenvalue weighted by Gasteiger charge is -2.72. The van der Waals surface area contributed by atoms with Crippen molar-refractivity contribution in [2.45, 2.75) is 137 Å². The maximum atomic E-state index is 13.0.